The molecule has 0 bridgehead atoms. The molecule has 2 amide bonds. The van der Waals surface area contributed by atoms with Crippen LogP contribution in [-0.2, 0) is 9.47 Å². The zero-order chi connectivity index (χ0) is 15.7. The number of nitrogens with zero attached hydrogens (tertiary/aromatic N) is 1. The number of nitrogens with one attached hydrogen (secondary N) is 1. The maximum atomic E-state index is 12.3. The third kappa shape index (κ3) is 5.17. The predicted molar refractivity (Wildman–Crippen MR) is 80.9 cm³/mol. The highest BCUT2D eigenvalue weighted by molar-refractivity contribution is 5.92. The van der Waals surface area contributed by atoms with Crippen molar-refractivity contribution >= 4 is 18.0 Å². The van der Waals surface area contributed by atoms with Crippen LogP contribution in [0.25, 0.3) is 0 Å². The predicted octanol–water partition coefficient (Wildman–Crippen LogP) is 1.93. The molecule has 0 heterocycles. The van der Waals surface area contributed by atoms with Crippen LogP contribution in [0.3, 0.4) is 0 Å². The number of methoxy groups -OCH3 is 2. The molecule has 0 aliphatic heterocycles. The van der Waals surface area contributed by atoms with E-state index >= 15 is 0 Å². The maximum Gasteiger partial charge on any atom is 0.322 e. The number of benzene rings is 1. The minimum Gasteiger partial charge on any atom is -0.383 e. The first-order chi connectivity index (χ1) is 10.1. The molecule has 21 heavy (non-hydrogen) atoms. The lowest BCUT2D eigenvalue weighted by atomic mass is 10.1. The molecular formula is C15H22N2O4. The molecular weight excluding hydrogens is 272 g/mol. The molecule has 0 atom stereocenters. The van der Waals surface area contributed by atoms with Gasteiger partial charge >= 0.3 is 6.03 Å². The van der Waals surface area contributed by atoms with E-state index in [1.54, 1.807) is 44.2 Å². The Morgan fingerprint density at radius 2 is 1.86 bits per heavy atom. The second-order valence-electron chi connectivity index (χ2n) is 4.54. The number of urea groups is 1. The Morgan fingerprint density at radius 1 is 1.24 bits per heavy atom. The topological polar surface area (TPSA) is 67.9 Å². The lowest BCUT2D eigenvalue weighted by Crippen LogP contribution is -2.39. The standard InChI is InChI=1S/C15H22N2O4/c1-12-13(11-18)5-4-6-14(12)16-15(19)17(7-9-20-2)8-10-21-3/h4-6,11H,7-10H2,1-3H3,(H,16,19). The minimum absolute atomic E-state index is 0.241. The quantitative estimate of drug-likeness (QED) is 0.744. The summed E-state index contributed by atoms with van der Waals surface area (Å²) in [5.41, 5.74) is 1.94. The lowest BCUT2D eigenvalue weighted by molar-refractivity contribution is 0.112. The summed E-state index contributed by atoms with van der Waals surface area (Å²) < 4.78 is 10.0. The molecule has 0 radical (unpaired) electrons. The zero-order valence-electron chi connectivity index (χ0n) is 12.7. The van der Waals surface area contributed by atoms with Gasteiger partial charge in [-0.15, -0.1) is 0 Å². The van der Waals surface area contributed by atoms with Crippen LogP contribution < -0.4 is 5.32 Å². The van der Waals surface area contributed by atoms with E-state index in [-0.39, 0.29) is 6.03 Å². The molecule has 0 aromatic heterocycles. The number of amides is 2. The summed E-state index contributed by atoms with van der Waals surface area (Å²) in [4.78, 5) is 24.8. The van der Waals surface area contributed by atoms with Crippen LogP contribution in [0.2, 0.25) is 0 Å². The Labute approximate surface area is 125 Å². The number of anilines is 1. The monoisotopic (exact) mass is 294 g/mol. The van der Waals surface area contributed by atoms with Crippen LogP contribution in [0.4, 0.5) is 10.5 Å². The highest BCUT2D eigenvalue weighted by Crippen LogP contribution is 2.18. The van der Waals surface area contributed by atoms with Crippen molar-refractivity contribution in [1.82, 2.24) is 4.90 Å². The first-order valence-corrected chi connectivity index (χ1v) is 6.72. The normalized spacial score (nSPS) is 10.2. The van der Waals surface area contributed by atoms with Crippen molar-refractivity contribution in [3.63, 3.8) is 0 Å². The van der Waals surface area contributed by atoms with E-state index in [0.717, 1.165) is 11.8 Å². The Hall–Kier alpha value is -1.92. The van der Waals surface area contributed by atoms with Gasteiger partial charge in [-0.3, -0.25) is 4.79 Å². The van der Waals surface area contributed by atoms with Crippen molar-refractivity contribution in [2.45, 2.75) is 6.92 Å². The number of rotatable bonds is 8. The smallest absolute Gasteiger partial charge is 0.322 e. The number of hydrogen-bond acceptors (Lipinski definition) is 4. The van der Waals surface area contributed by atoms with Crippen LogP contribution in [-0.4, -0.2) is 57.7 Å². The van der Waals surface area contributed by atoms with E-state index in [0.29, 0.717) is 37.6 Å². The number of aldehydes is 1. The number of carbonyl (C=O) groups excluding carboxylic acids is 2. The minimum atomic E-state index is -0.241. The van der Waals surface area contributed by atoms with Crippen LogP contribution >= 0.6 is 0 Å². The van der Waals surface area contributed by atoms with Gasteiger partial charge in [-0.25, -0.2) is 4.79 Å². The first kappa shape index (κ1) is 17.1. The van der Waals surface area contributed by atoms with E-state index in [9.17, 15) is 9.59 Å². The summed E-state index contributed by atoms with van der Waals surface area (Å²) >= 11 is 0. The average molecular weight is 294 g/mol. The van der Waals surface area contributed by atoms with Crippen molar-refractivity contribution in [2.24, 2.45) is 0 Å². The molecule has 1 aromatic rings. The molecule has 6 heteroatoms. The second-order valence-corrected chi connectivity index (χ2v) is 4.54. The Morgan fingerprint density at radius 3 is 2.38 bits per heavy atom. The largest absolute Gasteiger partial charge is 0.383 e. The van der Waals surface area contributed by atoms with E-state index < -0.39 is 0 Å². The molecule has 6 nitrogen and oxygen atoms in total. The molecule has 116 valence electrons. The van der Waals surface area contributed by atoms with Gasteiger partial charge in [0.2, 0.25) is 0 Å². The Bertz CT molecular complexity index is 469. The Kier molecular flexibility index (Phi) is 7.42. The van der Waals surface area contributed by atoms with Gasteiger partial charge in [0, 0.05) is 38.6 Å². The van der Waals surface area contributed by atoms with Crippen molar-refractivity contribution in [1.29, 1.82) is 0 Å². The molecule has 1 N–H and O–H groups in total. The maximum absolute atomic E-state index is 12.3. The van der Waals surface area contributed by atoms with Gasteiger partial charge in [-0.05, 0) is 18.6 Å². The third-order valence-corrected chi connectivity index (χ3v) is 3.16. The van der Waals surface area contributed by atoms with E-state index in [2.05, 4.69) is 5.32 Å². The fraction of sp³-hybridized carbons (Fsp3) is 0.467. The van der Waals surface area contributed by atoms with E-state index in [1.807, 2.05) is 0 Å². The number of ether oxygens (including phenoxy) is 2. The zero-order valence-corrected chi connectivity index (χ0v) is 12.7. The lowest BCUT2D eigenvalue weighted by Gasteiger charge is -2.23. The average Bonchev–Trinajstić information content (AvgIpc) is 2.49. The molecule has 1 rings (SSSR count). The van der Waals surface area contributed by atoms with Gasteiger partial charge in [0.25, 0.3) is 0 Å². The molecule has 0 saturated heterocycles. The van der Waals surface area contributed by atoms with Crippen LogP contribution in [0.1, 0.15) is 15.9 Å². The summed E-state index contributed by atoms with van der Waals surface area (Å²) in [6.07, 6.45) is 0.776. The molecule has 0 aliphatic rings. The van der Waals surface area contributed by atoms with Gasteiger partial charge in [-0.2, -0.15) is 0 Å². The first-order valence-electron chi connectivity index (χ1n) is 6.72. The van der Waals surface area contributed by atoms with Gasteiger partial charge in [0.15, 0.2) is 0 Å². The van der Waals surface area contributed by atoms with E-state index in [1.165, 1.54) is 0 Å². The van der Waals surface area contributed by atoms with Crippen molar-refractivity contribution in [3.05, 3.63) is 29.3 Å². The van der Waals surface area contributed by atoms with Crippen molar-refractivity contribution < 1.29 is 19.1 Å². The molecule has 0 spiro atoms. The highest BCUT2D eigenvalue weighted by Gasteiger charge is 2.14. The second kappa shape index (κ2) is 9.10. The van der Waals surface area contributed by atoms with Crippen LogP contribution in [0, 0.1) is 6.92 Å². The van der Waals surface area contributed by atoms with Crippen molar-refractivity contribution in [3.8, 4) is 0 Å². The number of hydrogen-bond donors (Lipinski definition) is 1. The molecule has 0 saturated carbocycles. The molecule has 0 fully saturated rings. The van der Waals surface area contributed by atoms with Gasteiger partial charge in [0.05, 0.1) is 13.2 Å². The van der Waals surface area contributed by atoms with Crippen LogP contribution in [0.5, 0.6) is 0 Å². The summed E-state index contributed by atoms with van der Waals surface area (Å²) in [6.45, 7) is 3.64. The summed E-state index contributed by atoms with van der Waals surface area (Å²) in [6, 6.07) is 4.98. The highest BCUT2D eigenvalue weighted by atomic mass is 16.5. The molecule has 0 aliphatic carbocycles. The summed E-state index contributed by atoms with van der Waals surface area (Å²) in [5, 5.41) is 2.82. The van der Waals surface area contributed by atoms with Gasteiger partial charge < -0.3 is 19.7 Å². The van der Waals surface area contributed by atoms with Crippen molar-refractivity contribution in [2.75, 3.05) is 45.8 Å². The third-order valence-electron chi connectivity index (χ3n) is 3.16. The molecule has 1 aromatic carbocycles. The SMILES string of the molecule is COCCN(CCOC)C(=O)Nc1cccc(C=O)c1C. The Balaban J connectivity index is 2.77. The number of carbonyl (C=O) groups is 2. The van der Waals surface area contributed by atoms with E-state index in [4.69, 9.17) is 9.47 Å². The van der Waals surface area contributed by atoms with Gasteiger partial charge in [0.1, 0.15) is 6.29 Å². The van der Waals surface area contributed by atoms with Gasteiger partial charge in [-0.1, -0.05) is 12.1 Å². The molecule has 0 unspecified atom stereocenters. The van der Waals surface area contributed by atoms with Crippen LogP contribution in [0.15, 0.2) is 18.2 Å². The summed E-state index contributed by atoms with van der Waals surface area (Å²) in [7, 11) is 3.17. The fourth-order valence-electron chi connectivity index (χ4n) is 1.83. The fourth-order valence-corrected chi connectivity index (χ4v) is 1.83. The summed E-state index contributed by atoms with van der Waals surface area (Å²) in [5.74, 6) is 0.